The van der Waals surface area contributed by atoms with Crippen molar-refractivity contribution in [1.82, 2.24) is 0 Å². The minimum absolute atomic E-state index is 0.0446. The second-order valence-electron chi connectivity index (χ2n) is 5.03. The Morgan fingerprint density at radius 1 is 1.13 bits per heavy atom. The highest BCUT2D eigenvalue weighted by atomic mass is 35.5. The molecular formula is C18H14Cl2N2O. The molecule has 116 valence electrons. The van der Waals surface area contributed by atoms with E-state index >= 15 is 0 Å². The molecule has 2 rings (SSSR count). The Morgan fingerprint density at radius 3 is 2.35 bits per heavy atom. The van der Waals surface area contributed by atoms with E-state index in [1.54, 1.807) is 18.2 Å². The van der Waals surface area contributed by atoms with E-state index in [2.05, 4.69) is 5.32 Å². The second kappa shape index (κ2) is 7.32. The van der Waals surface area contributed by atoms with Gasteiger partial charge in [0.2, 0.25) is 0 Å². The highest BCUT2D eigenvalue weighted by Crippen LogP contribution is 2.27. The number of para-hydroxylation sites is 1. The number of hydrogen-bond donors (Lipinski definition) is 1. The molecule has 5 heteroatoms. The maximum atomic E-state index is 12.4. The van der Waals surface area contributed by atoms with Crippen molar-refractivity contribution < 1.29 is 4.79 Å². The Kier molecular flexibility index (Phi) is 5.44. The zero-order valence-corrected chi connectivity index (χ0v) is 14.2. The largest absolute Gasteiger partial charge is 0.321 e. The van der Waals surface area contributed by atoms with Crippen molar-refractivity contribution in [3.8, 4) is 6.07 Å². The summed E-state index contributed by atoms with van der Waals surface area (Å²) in [7, 11) is 0. The van der Waals surface area contributed by atoms with Crippen molar-refractivity contribution in [2.75, 3.05) is 5.32 Å². The standard InChI is InChI=1S/C18H14Cl2N2O/c1-11-5-3-6-12(2)17(11)22-18(23)14(10-21)9-13-7-4-8-15(19)16(13)20/h3-9H,1-2H3,(H,22,23)/b14-9+. The maximum absolute atomic E-state index is 12.4. The average molecular weight is 345 g/mol. The van der Waals surface area contributed by atoms with Crippen LogP contribution >= 0.6 is 23.2 Å². The summed E-state index contributed by atoms with van der Waals surface area (Å²) < 4.78 is 0. The molecule has 2 aromatic carbocycles. The zero-order valence-electron chi connectivity index (χ0n) is 12.7. The Morgan fingerprint density at radius 2 is 1.74 bits per heavy atom. The summed E-state index contributed by atoms with van der Waals surface area (Å²) in [5.41, 5.74) is 3.04. The summed E-state index contributed by atoms with van der Waals surface area (Å²) in [6.45, 7) is 3.79. The normalized spacial score (nSPS) is 11.0. The first-order valence-electron chi connectivity index (χ1n) is 6.87. The number of anilines is 1. The van der Waals surface area contributed by atoms with Crippen LogP contribution in [0.15, 0.2) is 42.0 Å². The van der Waals surface area contributed by atoms with Gasteiger partial charge in [-0.15, -0.1) is 0 Å². The average Bonchev–Trinajstić information content (AvgIpc) is 2.52. The van der Waals surface area contributed by atoms with Crippen molar-refractivity contribution in [2.45, 2.75) is 13.8 Å². The van der Waals surface area contributed by atoms with E-state index in [1.807, 2.05) is 38.1 Å². The fraction of sp³-hybridized carbons (Fsp3) is 0.111. The smallest absolute Gasteiger partial charge is 0.266 e. The number of amides is 1. The summed E-state index contributed by atoms with van der Waals surface area (Å²) in [5, 5.41) is 12.7. The molecule has 0 saturated heterocycles. The molecule has 3 nitrogen and oxygen atoms in total. The zero-order chi connectivity index (χ0) is 17.0. The van der Waals surface area contributed by atoms with Crippen LogP contribution in [0.3, 0.4) is 0 Å². The predicted molar refractivity (Wildman–Crippen MR) is 94.6 cm³/mol. The molecule has 0 aliphatic heterocycles. The van der Waals surface area contributed by atoms with Crippen LogP contribution in [-0.4, -0.2) is 5.91 Å². The molecule has 0 fully saturated rings. The van der Waals surface area contributed by atoms with Gasteiger partial charge in [-0.1, -0.05) is 53.5 Å². The van der Waals surface area contributed by atoms with E-state index < -0.39 is 5.91 Å². The molecule has 1 amide bonds. The molecule has 23 heavy (non-hydrogen) atoms. The van der Waals surface area contributed by atoms with Crippen LogP contribution in [-0.2, 0) is 4.79 Å². The van der Waals surface area contributed by atoms with Crippen molar-refractivity contribution in [3.63, 3.8) is 0 Å². The Bertz CT molecular complexity index is 815. The molecule has 0 bridgehead atoms. The number of carbonyl (C=O) groups is 1. The molecule has 0 aliphatic carbocycles. The maximum Gasteiger partial charge on any atom is 0.266 e. The number of halogens is 2. The summed E-state index contributed by atoms with van der Waals surface area (Å²) in [6, 6.07) is 12.6. The van der Waals surface area contributed by atoms with Gasteiger partial charge in [-0.05, 0) is 42.7 Å². The van der Waals surface area contributed by atoms with E-state index in [1.165, 1.54) is 6.08 Å². The Labute approximate surface area is 145 Å². The van der Waals surface area contributed by atoms with Gasteiger partial charge in [0.25, 0.3) is 5.91 Å². The van der Waals surface area contributed by atoms with Gasteiger partial charge in [0, 0.05) is 5.69 Å². The fourth-order valence-corrected chi connectivity index (χ4v) is 2.49. The first-order chi connectivity index (χ1) is 10.9. The molecule has 0 saturated carbocycles. The molecule has 1 N–H and O–H groups in total. The van der Waals surface area contributed by atoms with Crippen LogP contribution in [0, 0.1) is 25.2 Å². The number of nitrogens with zero attached hydrogens (tertiary/aromatic N) is 1. The number of aryl methyl sites for hydroxylation is 2. The van der Waals surface area contributed by atoms with Gasteiger partial charge in [0.05, 0.1) is 10.0 Å². The monoisotopic (exact) mass is 344 g/mol. The Hall–Kier alpha value is -2.28. The fourth-order valence-electron chi connectivity index (χ4n) is 2.13. The first kappa shape index (κ1) is 17.1. The minimum Gasteiger partial charge on any atom is -0.321 e. The molecule has 0 radical (unpaired) electrons. The van der Waals surface area contributed by atoms with Crippen LogP contribution in [0.2, 0.25) is 10.0 Å². The van der Waals surface area contributed by atoms with Gasteiger partial charge < -0.3 is 5.32 Å². The topological polar surface area (TPSA) is 52.9 Å². The lowest BCUT2D eigenvalue weighted by atomic mass is 10.1. The highest BCUT2D eigenvalue weighted by Gasteiger charge is 2.13. The molecule has 0 aliphatic rings. The second-order valence-corrected chi connectivity index (χ2v) is 5.82. The molecule has 0 unspecified atom stereocenters. The Balaban J connectivity index is 2.35. The molecule has 0 spiro atoms. The van der Waals surface area contributed by atoms with Crippen LogP contribution in [0.1, 0.15) is 16.7 Å². The van der Waals surface area contributed by atoms with E-state index in [9.17, 15) is 10.1 Å². The van der Waals surface area contributed by atoms with E-state index in [-0.39, 0.29) is 5.57 Å². The molecule has 0 aromatic heterocycles. The lowest BCUT2D eigenvalue weighted by molar-refractivity contribution is -0.112. The minimum atomic E-state index is -0.485. The summed E-state index contributed by atoms with van der Waals surface area (Å²) in [4.78, 5) is 12.4. The third-order valence-electron chi connectivity index (χ3n) is 3.37. The van der Waals surface area contributed by atoms with Crippen molar-refractivity contribution in [3.05, 3.63) is 68.7 Å². The van der Waals surface area contributed by atoms with Gasteiger partial charge in [-0.2, -0.15) is 5.26 Å². The lowest BCUT2D eigenvalue weighted by Gasteiger charge is -2.11. The van der Waals surface area contributed by atoms with Gasteiger partial charge in [0.1, 0.15) is 11.6 Å². The number of benzene rings is 2. The number of carbonyl (C=O) groups excluding carboxylic acids is 1. The summed E-state index contributed by atoms with van der Waals surface area (Å²) in [5.74, 6) is -0.485. The number of nitriles is 1. The quantitative estimate of drug-likeness (QED) is 0.617. The number of hydrogen-bond acceptors (Lipinski definition) is 2. The highest BCUT2D eigenvalue weighted by molar-refractivity contribution is 6.43. The number of rotatable bonds is 3. The molecule has 0 heterocycles. The van der Waals surface area contributed by atoms with Gasteiger partial charge in [-0.25, -0.2) is 0 Å². The predicted octanol–water partition coefficient (Wildman–Crippen LogP) is 5.16. The van der Waals surface area contributed by atoms with E-state index in [0.717, 1.165) is 11.1 Å². The number of nitrogens with one attached hydrogen (secondary N) is 1. The van der Waals surface area contributed by atoms with Crippen LogP contribution in [0.5, 0.6) is 0 Å². The van der Waals surface area contributed by atoms with Crippen LogP contribution < -0.4 is 5.32 Å². The summed E-state index contributed by atoms with van der Waals surface area (Å²) in [6.07, 6.45) is 1.43. The lowest BCUT2D eigenvalue weighted by Crippen LogP contribution is -2.15. The van der Waals surface area contributed by atoms with E-state index in [4.69, 9.17) is 23.2 Å². The molecule has 0 atom stereocenters. The van der Waals surface area contributed by atoms with E-state index in [0.29, 0.717) is 21.3 Å². The third kappa shape index (κ3) is 3.92. The van der Waals surface area contributed by atoms with Crippen LogP contribution in [0.25, 0.3) is 6.08 Å². The first-order valence-corrected chi connectivity index (χ1v) is 7.63. The van der Waals surface area contributed by atoms with Gasteiger partial charge >= 0.3 is 0 Å². The molecule has 2 aromatic rings. The summed E-state index contributed by atoms with van der Waals surface area (Å²) >= 11 is 12.0. The van der Waals surface area contributed by atoms with Crippen molar-refractivity contribution >= 4 is 40.9 Å². The molecular weight excluding hydrogens is 331 g/mol. The third-order valence-corrected chi connectivity index (χ3v) is 4.20. The van der Waals surface area contributed by atoms with Crippen LogP contribution in [0.4, 0.5) is 5.69 Å². The van der Waals surface area contributed by atoms with Gasteiger partial charge in [-0.3, -0.25) is 4.79 Å². The SMILES string of the molecule is Cc1cccc(C)c1NC(=O)/C(C#N)=C/c1cccc(Cl)c1Cl. The van der Waals surface area contributed by atoms with Crippen molar-refractivity contribution in [1.29, 1.82) is 5.26 Å². The van der Waals surface area contributed by atoms with Crippen molar-refractivity contribution in [2.24, 2.45) is 0 Å². The van der Waals surface area contributed by atoms with Gasteiger partial charge in [0.15, 0.2) is 0 Å².